The standard InChI is InChI=1S/C24H21Cl2N5OS/c1-14-9-10-20(15(2)12-14)31-22(17-6-5-11-27-13-17)29-30-24(31)33-16(3)23(32)28-19-8-4-7-18(25)21(19)26/h4-13,16H,1-3H3,(H,28,32). The second-order valence-electron chi connectivity index (χ2n) is 7.52. The fraction of sp³-hybridized carbons (Fsp3) is 0.167. The van der Waals surface area contributed by atoms with E-state index < -0.39 is 5.25 Å². The van der Waals surface area contributed by atoms with Gasteiger partial charge in [0.15, 0.2) is 11.0 Å². The molecule has 168 valence electrons. The Kier molecular flexibility index (Phi) is 7.02. The van der Waals surface area contributed by atoms with Crippen LogP contribution in [0.4, 0.5) is 5.69 Å². The average Bonchev–Trinajstić information content (AvgIpc) is 3.20. The summed E-state index contributed by atoms with van der Waals surface area (Å²) < 4.78 is 1.96. The number of rotatable bonds is 6. The van der Waals surface area contributed by atoms with Crippen molar-refractivity contribution in [2.75, 3.05) is 5.32 Å². The number of carbonyl (C=O) groups excluding carboxylic acids is 1. The van der Waals surface area contributed by atoms with E-state index in [-0.39, 0.29) is 5.91 Å². The Hall–Kier alpha value is -2.87. The van der Waals surface area contributed by atoms with Crippen LogP contribution in [0.1, 0.15) is 18.1 Å². The van der Waals surface area contributed by atoms with E-state index in [1.807, 2.05) is 49.6 Å². The zero-order valence-corrected chi connectivity index (χ0v) is 20.5. The Morgan fingerprint density at radius 3 is 2.64 bits per heavy atom. The number of hydrogen-bond donors (Lipinski definition) is 1. The maximum atomic E-state index is 12.9. The summed E-state index contributed by atoms with van der Waals surface area (Å²) in [7, 11) is 0. The van der Waals surface area contributed by atoms with Crippen LogP contribution in [0.15, 0.2) is 66.1 Å². The number of halogens is 2. The van der Waals surface area contributed by atoms with Gasteiger partial charge in [-0.1, -0.05) is 58.7 Å². The Morgan fingerprint density at radius 2 is 1.91 bits per heavy atom. The quantitative estimate of drug-likeness (QED) is 0.313. The van der Waals surface area contributed by atoms with Crippen LogP contribution in [0, 0.1) is 13.8 Å². The lowest BCUT2D eigenvalue weighted by molar-refractivity contribution is -0.115. The van der Waals surface area contributed by atoms with Crippen molar-refractivity contribution >= 4 is 46.6 Å². The number of aromatic nitrogens is 4. The first-order valence-electron chi connectivity index (χ1n) is 10.2. The molecule has 0 saturated carbocycles. The number of anilines is 1. The van der Waals surface area contributed by atoms with Gasteiger partial charge in [0, 0.05) is 18.0 Å². The Morgan fingerprint density at radius 1 is 1.09 bits per heavy atom. The SMILES string of the molecule is Cc1ccc(-n2c(SC(C)C(=O)Nc3cccc(Cl)c3Cl)nnc2-c2cccnc2)c(C)c1. The first-order chi connectivity index (χ1) is 15.8. The zero-order chi connectivity index (χ0) is 23.5. The molecule has 0 radical (unpaired) electrons. The lowest BCUT2D eigenvalue weighted by Gasteiger charge is -2.16. The van der Waals surface area contributed by atoms with Gasteiger partial charge in [0.05, 0.1) is 26.7 Å². The third kappa shape index (κ3) is 5.05. The molecule has 0 spiro atoms. The van der Waals surface area contributed by atoms with E-state index in [1.165, 1.54) is 11.8 Å². The van der Waals surface area contributed by atoms with E-state index in [0.29, 0.717) is 26.7 Å². The van der Waals surface area contributed by atoms with E-state index in [0.717, 1.165) is 22.4 Å². The predicted octanol–water partition coefficient (Wildman–Crippen LogP) is 6.37. The van der Waals surface area contributed by atoms with E-state index >= 15 is 0 Å². The zero-order valence-electron chi connectivity index (χ0n) is 18.2. The lowest BCUT2D eigenvalue weighted by atomic mass is 10.1. The monoisotopic (exact) mass is 497 g/mol. The first-order valence-corrected chi connectivity index (χ1v) is 11.8. The molecule has 0 fully saturated rings. The lowest BCUT2D eigenvalue weighted by Crippen LogP contribution is -2.23. The van der Waals surface area contributed by atoms with Gasteiger partial charge in [-0.05, 0) is 56.7 Å². The molecule has 1 N–H and O–H groups in total. The minimum absolute atomic E-state index is 0.220. The molecule has 9 heteroatoms. The summed E-state index contributed by atoms with van der Waals surface area (Å²) in [4.78, 5) is 17.1. The third-order valence-electron chi connectivity index (χ3n) is 5.01. The van der Waals surface area contributed by atoms with Crippen LogP contribution < -0.4 is 5.32 Å². The summed E-state index contributed by atoms with van der Waals surface area (Å²) in [5, 5.41) is 12.5. The summed E-state index contributed by atoms with van der Waals surface area (Å²) in [6.07, 6.45) is 3.46. The largest absolute Gasteiger partial charge is 0.324 e. The van der Waals surface area contributed by atoms with Crippen molar-refractivity contribution in [3.8, 4) is 17.1 Å². The van der Waals surface area contributed by atoms with Gasteiger partial charge in [-0.15, -0.1) is 10.2 Å². The summed E-state index contributed by atoms with van der Waals surface area (Å²) in [5.41, 5.74) is 4.47. The van der Waals surface area contributed by atoms with Crippen LogP contribution in [0.2, 0.25) is 10.0 Å². The molecule has 0 aliphatic rings. The highest BCUT2D eigenvalue weighted by Gasteiger charge is 2.23. The molecule has 33 heavy (non-hydrogen) atoms. The van der Waals surface area contributed by atoms with Crippen LogP contribution in [0.3, 0.4) is 0 Å². The van der Waals surface area contributed by atoms with Gasteiger partial charge in [0.2, 0.25) is 5.91 Å². The number of aryl methyl sites for hydroxylation is 2. The Balaban J connectivity index is 1.68. The van der Waals surface area contributed by atoms with Gasteiger partial charge in [-0.2, -0.15) is 0 Å². The number of carbonyl (C=O) groups is 1. The molecule has 0 saturated heterocycles. The van der Waals surface area contributed by atoms with Crippen LogP contribution in [-0.2, 0) is 4.79 Å². The van der Waals surface area contributed by atoms with Gasteiger partial charge in [0.25, 0.3) is 0 Å². The molecule has 6 nitrogen and oxygen atoms in total. The molecule has 0 bridgehead atoms. The van der Waals surface area contributed by atoms with Gasteiger partial charge < -0.3 is 5.32 Å². The smallest absolute Gasteiger partial charge is 0.237 e. The first kappa shape index (κ1) is 23.3. The van der Waals surface area contributed by atoms with E-state index in [9.17, 15) is 4.79 Å². The minimum atomic E-state index is -0.476. The van der Waals surface area contributed by atoms with Crippen molar-refractivity contribution in [2.24, 2.45) is 0 Å². The molecule has 1 atom stereocenters. The second kappa shape index (κ2) is 9.95. The Bertz CT molecular complexity index is 1310. The van der Waals surface area contributed by atoms with Crippen LogP contribution >= 0.6 is 35.0 Å². The molecule has 0 aliphatic heterocycles. The molecule has 1 amide bonds. The third-order valence-corrected chi connectivity index (χ3v) is 6.87. The highest BCUT2D eigenvalue weighted by molar-refractivity contribution is 8.00. The number of pyridine rings is 1. The molecule has 2 heterocycles. The maximum absolute atomic E-state index is 12.9. The molecule has 2 aromatic carbocycles. The van der Waals surface area contributed by atoms with E-state index in [2.05, 4.69) is 26.6 Å². The summed E-state index contributed by atoms with van der Waals surface area (Å²) in [6, 6.07) is 15.1. The van der Waals surface area contributed by atoms with Crippen molar-refractivity contribution < 1.29 is 4.79 Å². The molecular formula is C24H21Cl2N5OS. The summed E-state index contributed by atoms with van der Waals surface area (Å²) >= 11 is 13.6. The number of hydrogen-bond acceptors (Lipinski definition) is 5. The van der Waals surface area contributed by atoms with Gasteiger partial charge >= 0.3 is 0 Å². The highest BCUT2D eigenvalue weighted by Crippen LogP contribution is 2.33. The summed E-state index contributed by atoms with van der Waals surface area (Å²) in [5.74, 6) is 0.435. The van der Waals surface area contributed by atoms with Crippen molar-refractivity contribution in [3.63, 3.8) is 0 Å². The molecule has 0 aliphatic carbocycles. The fourth-order valence-electron chi connectivity index (χ4n) is 3.35. The van der Waals surface area contributed by atoms with Crippen LogP contribution in [0.5, 0.6) is 0 Å². The fourth-order valence-corrected chi connectivity index (χ4v) is 4.56. The molecule has 2 aromatic heterocycles. The van der Waals surface area contributed by atoms with Gasteiger partial charge in [-0.25, -0.2) is 0 Å². The predicted molar refractivity (Wildman–Crippen MR) is 134 cm³/mol. The van der Waals surface area contributed by atoms with Crippen LogP contribution in [-0.4, -0.2) is 30.9 Å². The van der Waals surface area contributed by atoms with Crippen molar-refractivity contribution in [3.05, 3.63) is 82.1 Å². The van der Waals surface area contributed by atoms with Crippen molar-refractivity contribution in [1.29, 1.82) is 0 Å². The molecule has 4 aromatic rings. The molecular weight excluding hydrogens is 477 g/mol. The normalized spacial score (nSPS) is 11.9. The van der Waals surface area contributed by atoms with E-state index in [1.54, 1.807) is 30.6 Å². The molecule has 1 unspecified atom stereocenters. The highest BCUT2D eigenvalue weighted by atomic mass is 35.5. The van der Waals surface area contributed by atoms with Crippen LogP contribution in [0.25, 0.3) is 17.1 Å². The number of nitrogens with one attached hydrogen (secondary N) is 1. The Labute approximate surface area is 206 Å². The number of amides is 1. The van der Waals surface area contributed by atoms with Gasteiger partial charge in [0.1, 0.15) is 0 Å². The maximum Gasteiger partial charge on any atom is 0.237 e. The minimum Gasteiger partial charge on any atom is -0.324 e. The number of benzene rings is 2. The second-order valence-corrected chi connectivity index (χ2v) is 9.62. The summed E-state index contributed by atoms with van der Waals surface area (Å²) in [6.45, 7) is 5.90. The van der Waals surface area contributed by atoms with E-state index in [4.69, 9.17) is 23.2 Å². The molecule has 4 rings (SSSR count). The van der Waals surface area contributed by atoms with Gasteiger partial charge in [-0.3, -0.25) is 14.3 Å². The van der Waals surface area contributed by atoms with Crippen molar-refractivity contribution in [1.82, 2.24) is 19.7 Å². The van der Waals surface area contributed by atoms with Crippen molar-refractivity contribution in [2.45, 2.75) is 31.2 Å². The average molecular weight is 498 g/mol. The topological polar surface area (TPSA) is 72.7 Å². The number of nitrogens with zero attached hydrogens (tertiary/aromatic N) is 4. The number of thioether (sulfide) groups is 1.